The Morgan fingerprint density at radius 3 is 2.50 bits per heavy atom. The second kappa shape index (κ2) is 5.21. The van der Waals surface area contributed by atoms with Crippen molar-refractivity contribution in [1.82, 2.24) is 4.57 Å². The molecule has 0 aliphatic heterocycles. The van der Waals surface area contributed by atoms with E-state index in [0.29, 0.717) is 27.4 Å². The van der Waals surface area contributed by atoms with E-state index in [4.69, 9.17) is 40.5 Å². The van der Waals surface area contributed by atoms with Crippen LogP contribution in [0.3, 0.4) is 0 Å². The summed E-state index contributed by atoms with van der Waals surface area (Å²) in [6, 6.07) is 11.3. The van der Waals surface area contributed by atoms with Crippen molar-refractivity contribution < 1.29 is 0 Å². The molecule has 2 nitrogen and oxygen atoms in total. The highest BCUT2D eigenvalue weighted by atomic mass is 35.5. The van der Waals surface area contributed by atoms with Crippen molar-refractivity contribution in [3.63, 3.8) is 0 Å². The summed E-state index contributed by atoms with van der Waals surface area (Å²) < 4.78 is 1.96. The summed E-state index contributed by atoms with van der Waals surface area (Å²) in [6.07, 6.45) is 1.97. The van der Waals surface area contributed by atoms with Gasteiger partial charge in [-0.1, -0.05) is 46.9 Å². The van der Waals surface area contributed by atoms with Crippen molar-refractivity contribution in [2.45, 2.75) is 6.54 Å². The SMILES string of the molecule is Nc1c2cc(Cl)c(Cl)cc2cn1Cc1cccc(Cl)c1. The van der Waals surface area contributed by atoms with Crippen LogP contribution in [0.5, 0.6) is 0 Å². The molecule has 0 radical (unpaired) electrons. The zero-order valence-electron chi connectivity index (χ0n) is 10.4. The first-order chi connectivity index (χ1) is 9.54. The molecule has 0 atom stereocenters. The molecule has 1 heterocycles. The Kier molecular flexibility index (Phi) is 3.55. The van der Waals surface area contributed by atoms with Gasteiger partial charge in [0.15, 0.2) is 0 Å². The van der Waals surface area contributed by atoms with Crippen LogP contribution in [0.4, 0.5) is 5.82 Å². The Hall–Kier alpha value is -1.35. The second-order valence-electron chi connectivity index (χ2n) is 4.63. The first-order valence-corrected chi connectivity index (χ1v) is 7.16. The largest absolute Gasteiger partial charge is 0.385 e. The summed E-state index contributed by atoms with van der Waals surface area (Å²) >= 11 is 18.1. The molecule has 20 heavy (non-hydrogen) atoms. The second-order valence-corrected chi connectivity index (χ2v) is 5.88. The van der Waals surface area contributed by atoms with E-state index < -0.39 is 0 Å². The van der Waals surface area contributed by atoms with Gasteiger partial charge in [-0.05, 0) is 29.8 Å². The van der Waals surface area contributed by atoms with Crippen LogP contribution in [0.25, 0.3) is 10.8 Å². The van der Waals surface area contributed by atoms with E-state index in [-0.39, 0.29) is 0 Å². The normalized spacial score (nSPS) is 11.2. The maximum absolute atomic E-state index is 6.17. The highest BCUT2D eigenvalue weighted by molar-refractivity contribution is 6.43. The standard InChI is InChI=1S/C15H11Cl3N2/c16-11-3-1-2-9(4-11)7-20-8-10-5-13(17)14(18)6-12(10)15(20)19/h1-6,8H,7,19H2. The Labute approximate surface area is 131 Å². The topological polar surface area (TPSA) is 30.9 Å². The molecule has 0 aliphatic carbocycles. The van der Waals surface area contributed by atoms with Crippen LogP contribution in [0, 0.1) is 0 Å². The van der Waals surface area contributed by atoms with Crippen molar-refractivity contribution in [1.29, 1.82) is 0 Å². The average molecular weight is 326 g/mol. The van der Waals surface area contributed by atoms with Crippen LogP contribution in [0.2, 0.25) is 15.1 Å². The molecule has 3 aromatic rings. The fraction of sp³-hybridized carbons (Fsp3) is 0.0667. The van der Waals surface area contributed by atoms with E-state index in [1.54, 1.807) is 6.07 Å². The van der Waals surface area contributed by atoms with Gasteiger partial charge in [0.05, 0.1) is 10.0 Å². The minimum Gasteiger partial charge on any atom is -0.385 e. The number of hydrogen-bond acceptors (Lipinski definition) is 1. The Balaban J connectivity index is 2.06. The fourth-order valence-electron chi connectivity index (χ4n) is 2.25. The molecule has 3 rings (SSSR count). The molecule has 0 aliphatic rings. The lowest BCUT2D eigenvalue weighted by atomic mass is 10.2. The van der Waals surface area contributed by atoms with Crippen LogP contribution in [-0.2, 0) is 6.54 Å². The monoisotopic (exact) mass is 324 g/mol. The lowest BCUT2D eigenvalue weighted by Gasteiger charge is -2.06. The number of rotatable bonds is 2. The van der Waals surface area contributed by atoms with Crippen molar-refractivity contribution >= 4 is 51.4 Å². The minimum absolute atomic E-state index is 0.506. The van der Waals surface area contributed by atoms with Gasteiger partial charge >= 0.3 is 0 Å². The zero-order valence-corrected chi connectivity index (χ0v) is 12.7. The molecule has 0 unspecified atom stereocenters. The summed E-state index contributed by atoms with van der Waals surface area (Å²) in [5.41, 5.74) is 7.26. The molecule has 5 heteroatoms. The zero-order chi connectivity index (χ0) is 14.3. The number of hydrogen-bond donors (Lipinski definition) is 1. The predicted octanol–water partition coefficient (Wildman–Crippen LogP) is 5.23. The van der Waals surface area contributed by atoms with E-state index >= 15 is 0 Å². The van der Waals surface area contributed by atoms with Crippen LogP contribution < -0.4 is 5.73 Å². The molecule has 0 bridgehead atoms. The van der Waals surface area contributed by atoms with Gasteiger partial charge < -0.3 is 10.3 Å². The lowest BCUT2D eigenvalue weighted by molar-refractivity contribution is 0.821. The molecule has 0 fully saturated rings. The van der Waals surface area contributed by atoms with E-state index in [0.717, 1.165) is 16.3 Å². The number of nitrogen functional groups attached to an aromatic ring is 1. The van der Waals surface area contributed by atoms with Gasteiger partial charge in [0.2, 0.25) is 0 Å². The third-order valence-electron chi connectivity index (χ3n) is 3.21. The molecule has 102 valence electrons. The smallest absolute Gasteiger partial charge is 0.111 e. The van der Waals surface area contributed by atoms with Gasteiger partial charge in [-0.25, -0.2) is 0 Å². The minimum atomic E-state index is 0.506. The number of fused-ring (bicyclic) bond motifs is 1. The van der Waals surface area contributed by atoms with Crippen LogP contribution in [0.1, 0.15) is 5.56 Å². The Bertz CT molecular complexity index is 793. The van der Waals surface area contributed by atoms with E-state index in [2.05, 4.69) is 0 Å². The summed E-state index contributed by atoms with van der Waals surface area (Å²) in [7, 11) is 0. The third-order valence-corrected chi connectivity index (χ3v) is 4.17. The molecule has 1 aromatic heterocycles. The van der Waals surface area contributed by atoms with Crippen LogP contribution in [0.15, 0.2) is 42.6 Å². The van der Waals surface area contributed by atoms with Crippen LogP contribution >= 0.6 is 34.8 Å². The van der Waals surface area contributed by atoms with Gasteiger partial charge in [-0.3, -0.25) is 0 Å². The highest BCUT2D eigenvalue weighted by Crippen LogP contribution is 2.32. The number of nitrogens with two attached hydrogens (primary N) is 1. The van der Waals surface area contributed by atoms with E-state index in [1.165, 1.54) is 0 Å². The van der Waals surface area contributed by atoms with Gasteiger partial charge in [-0.2, -0.15) is 0 Å². The Morgan fingerprint density at radius 1 is 1.00 bits per heavy atom. The number of anilines is 1. The van der Waals surface area contributed by atoms with Gasteiger partial charge in [0.1, 0.15) is 5.82 Å². The van der Waals surface area contributed by atoms with E-state index in [9.17, 15) is 0 Å². The van der Waals surface area contributed by atoms with Crippen molar-refractivity contribution in [2.24, 2.45) is 0 Å². The summed E-state index contributed by atoms with van der Waals surface area (Å²) in [6.45, 7) is 0.649. The molecule has 0 saturated carbocycles. The summed E-state index contributed by atoms with van der Waals surface area (Å²) in [4.78, 5) is 0. The molecule has 0 saturated heterocycles. The van der Waals surface area contributed by atoms with Crippen molar-refractivity contribution in [2.75, 3.05) is 5.73 Å². The highest BCUT2D eigenvalue weighted by Gasteiger charge is 2.10. The van der Waals surface area contributed by atoms with Gasteiger partial charge in [-0.15, -0.1) is 0 Å². The Morgan fingerprint density at radius 2 is 1.75 bits per heavy atom. The predicted molar refractivity (Wildman–Crippen MR) is 86.9 cm³/mol. The summed E-state index contributed by atoms with van der Waals surface area (Å²) in [5, 5.41) is 3.62. The number of halogens is 3. The van der Waals surface area contributed by atoms with Crippen LogP contribution in [-0.4, -0.2) is 4.57 Å². The molecular weight excluding hydrogens is 315 g/mol. The quantitative estimate of drug-likeness (QED) is 0.687. The maximum atomic E-state index is 6.17. The average Bonchev–Trinajstić information content (AvgIpc) is 2.68. The number of nitrogens with zero attached hydrogens (tertiary/aromatic N) is 1. The first kappa shape index (κ1) is 13.6. The number of benzene rings is 2. The lowest BCUT2D eigenvalue weighted by Crippen LogP contribution is -2.02. The van der Waals surface area contributed by atoms with Crippen molar-refractivity contribution in [3.8, 4) is 0 Å². The van der Waals surface area contributed by atoms with Crippen molar-refractivity contribution in [3.05, 3.63) is 63.2 Å². The number of aromatic nitrogens is 1. The summed E-state index contributed by atoms with van der Waals surface area (Å²) in [5.74, 6) is 0.665. The molecule has 0 amide bonds. The molecule has 0 spiro atoms. The first-order valence-electron chi connectivity index (χ1n) is 6.02. The molecular formula is C15H11Cl3N2. The third kappa shape index (κ3) is 2.47. The molecule has 2 aromatic carbocycles. The van der Waals surface area contributed by atoms with E-state index in [1.807, 2.05) is 41.1 Å². The van der Waals surface area contributed by atoms with Gasteiger partial charge in [0, 0.05) is 28.5 Å². The van der Waals surface area contributed by atoms with Gasteiger partial charge in [0.25, 0.3) is 0 Å². The maximum Gasteiger partial charge on any atom is 0.111 e. The molecule has 2 N–H and O–H groups in total. The fourth-order valence-corrected chi connectivity index (χ4v) is 2.79.